The molecule has 0 aliphatic rings. The van der Waals surface area contributed by atoms with Crippen molar-refractivity contribution in [3.05, 3.63) is 117 Å². The Morgan fingerprint density at radius 1 is 0.758 bits per heavy atom. The van der Waals surface area contributed by atoms with E-state index in [1.54, 1.807) is 24.3 Å². The summed E-state index contributed by atoms with van der Waals surface area (Å²) < 4.78 is 7.00. The van der Waals surface area contributed by atoms with Crippen LogP contribution in [-0.4, -0.2) is 15.0 Å². The molecule has 4 rings (SSSR count). The van der Waals surface area contributed by atoms with Gasteiger partial charge in [0, 0.05) is 29.6 Å². The van der Waals surface area contributed by atoms with Gasteiger partial charge in [0.05, 0.1) is 0 Å². The first-order chi connectivity index (χ1) is 16.0. The Morgan fingerprint density at radius 3 is 1.76 bits per heavy atom. The normalized spacial score (nSPS) is 10.8. The summed E-state index contributed by atoms with van der Waals surface area (Å²) in [6.07, 6.45) is 0. The first kappa shape index (κ1) is 22.2. The van der Waals surface area contributed by atoms with Gasteiger partial charge >= 0.3 is 5.69 Å². The van der Waals surface area contributed by atoms with Crippen molar-refractivity contribution in [2.24, 2.45) is 18.5 Å². The van der Waals surface area contributed by atoms with E-state index < -0.39 is 27.8 Å². The van der Waals surface area contributed by atoms with E-state index in [1.165, 1.54) is 18.7 Å². The minimum atomic E-state index is -0.872. The molecule has 0 unspecified atom stereocenters. The smallest absolute Gasteiger partial charge is 0.322 e. The number of hydrogen-bond donors (Lipinski definition) is 1. The van der Waals surface area contributed by atoms with Crippen molar-refractivity contribution in [2.75, 3.05) is 5.32 Å². The molecule has 7 nitrogen and oxygen atoms in total. The molecule has 166 valence electrons. The van der Waals surface area contributed by atoms with Crippen LogP contribution in [0, 0.1) is 0 Å². The first-order valence-corrected chi connectivity index (χ1v) is 11.4. The van der Waals surface area contributed by atoms with Crippen molar-refractivity contribution in [1.29, 1.82) is 0 Å². The molecular formula is C25H22N4O3S. The Labute approximate surface area is 193 Å². The highest BCUT2D eigenvalue weighted by Crippen LogP contribution is 2.25. The Bertz CT molecular complexity index is 1400. The molecule has 33 heavy (non-hydrogen) atoms. The second-order valence-electron chi connectivity index (χ2n) is 7.23. The number of carbonyl (C=O) groups excluding carboxylic acids is 1. The van der Waals surface area contributed by atoms with Crippen molar-refractivity contribution < 1.29 is 4.79 Å². The first-order valence-electron chi connectivity index (χ1n) is 10.2. The lowest BCUT2D eigenvalue weighted by Crippen LogP contribution is -2.41. The third-order valence-corrected chi connectivity index (χ3v) is 6.80. The maximum atomic E-state index is 13.2. The molecule has 0 spiro atoms. The third kappa shape index (κ3) is 4.61. The third-order valence-electron chi connectivity index (χ3n) is 5.00. The molecule has 1 aromatic heterocycles. The van der Waals surface area contributed by atoms with E-state index >= 15 is 0 Å². The number of para-hydroxylation sites is 1. The van der Waals surface area contributed by atoms with E-state index in [-0.39, 0.29) is 11.4 Å². The van der Waals surface area contributed by atoms with Crippen LogP contribution in [0.1, 0.15) is 10.4 Å². The van der Waals surface area contributed by atoms with Crippen LogP contribution in [-0.2, 0) is 24.8 Å². The van der Waals surface area contributed by atoms with Crippen molar-refractivity contribution in [3.63, 3.8) is 0 Å². The number of aromatic nitrogens is 2. The lowest BCUT2D eigenvalue weighted by molar-refractivity contribution is 0.102. The van der Waals surface area contributed by atoms with Gasteiger partial charge in [0.15, 0.2) is 5.82 Å². The van der Waals surface area contributed by atoms with Crippen molar-refractivity contribution in [1.82, 2.24) is 9.13 Å². The Morgan fingerprint density at radius 2 is 1.24 bits per heavy atom. The Kier molecular flexibility index (Phi) is 6.46. The van der Waals surface area contributed by atoms with Crippen LogP contribution in [0.4, 0.5) is 11.5 Å². The largest absolute Gasteiger partial charge is 0.332 e. The van der Waals surface area contributed by atoms with Crippen molar-refractivity contribution in [3.8, 4) is 0 Å². The molecule has 3 aromatic carbocycles. The molecule has 0 saturated heterocycles. The molecule has 8 heteroatoms. The zero-order valence-corrected chi connectivity index (χ0v) is 19.0. The summed E-state index contributed by atoms with van der Waals surface area (Å²) in [6.45, 7) is 0. The van der Waals surface area contributed by atoms with Gasteiger partial charge in [0.1, 0.15) is 5.56 Å². The molecule has 1 N–H and O–H groups in total. The number of rotatable bonds is 5. The maximum Gasteiger partial charge on any atom is 0.332 e. The summed E-state index contributed by atoms with van der Waals surface area (Å²) in [5.41, 5.74) is -0.906. The van der Waals surface area contributed by atoms with Gasteiger partial charge in [-0.2, -0.15) is 4.36 Å². The Balaban J connectivity index is 1.97. The number of nitrogens with zero attached hydrogens (tertiary/aromatic N) is 3. The van der Waals surface area contributed by atoms with E-state index in [0.717, 1.165) is 14.4 Å². The average Bonchev–Trinajstić information content (AvgIpc) is 2.85. The zero-order valence-electron chi connectivity index (χ0n) is 18.1. The molecule has 1 amide bonds. The summed E-state index contributed by atoms with van der Waals surface area (Å²) in [6, 6.07) is 28.0. The topological polar surface area (TPSA) is 85.5 Å². The molecule has 1 heterocycles. The summed E-state index contributed by atoms with van der Waals surface area (Å²) >= 11 is 0. The van der Waals surface area contributed by atoms with E-state index in [9.17, 15) is 14.4 Å². The van der Waals surface area contributed by atoms with Crippen LogP contribution in [0.2, 0.25) is 0 Å². The number of nitrogens with one attached hydrogen (secondary N) is 1. The molecular weight excluding hydrogens is 436 g/mol. The highest BCUT2D eigenvalue weighted by molar-refractivity contribution is 7.87. The Hall–Kier alpha value is -4.04. The molecule has 0 radical (unpaired) electrons. The quantitative estimate of drug-likeness (QED) is 0.492. The molecule has 4 aromatic rings. The van der Waals surface area contributed by atoms with Gasteiger partial charge in [-0.15, -0.1) is 0 Å². The van der Waals surface area contributed by atoms with Crippen LogP contribution in [0.15, 0.2) is 115 Å². The van der Waals surface area contributed by atoms with Gasteiger partial charge in [0.2, 0.25) is 0 Å². The predicted octanol–water partition coefficient (Wildman–Crippen LogP) is 3.89. The second-order valence-corrected chi connectivity index (χ2v) is 8.92. The summed E-state index contributed by atoms with van der Waals surface area (Å²) in [4.78, 5) is 40.8. The number of anilines is 1. The van der Waals surface area contributed by atoms with Crippen LogP contribution >= 0.6 is 0 Å². The van der Waals surface area contributed by atoms with Crippen LogP contribution in [0.25, 0.3) is 0 Å². The predicted molar refractivity (Wildman–Crippen MR) is 130 cm³/mol. The van der Waals surface area contributed by atoms with Gasteiger partial charge in [-0.1, -0.05) is 54.6 Å². The fourth-order valence-corrected chi connectivity index (χ4v) is 4.98. The SMILES string of the molecule is Cn1c(N=S(c2ccccc2)c2ccccc2)c(C(=O)Nc2ccccc2)c(=O)n(C)c1=O. The second kappa shape index (κ2) is 9.62. The number of benzene rings is 3. The van der Waals surface area contributed by atoms with E-state index in [0.29, 0.717) is 5.69 Å². The summed E-state index contributed by atoms with van der Waals surface area (Å²) in [5.74, 6) is -0.589. The van der Waals surface area contributed by atoms with E-state index in [4.69, 9.17) is 4.36 Å². The number of carbonyl (C=O) groups is 1. The molecule has 0 atom stereocenters. The maximum absolute atomic E-state index is 13.2. The molecule has 0 saturated carbocycles. The number of amides is 1. The van der Waals surface area contributed by atoms with Crippen LogP contribution < -0.4 is 16.6 Å². The van der Waals surface area contributed by atoms with E-state index in [2.05, 4.69) is 5.32 Å². The lowest BCUT2D eigenvalue weighted by Gasteiger charge is -2.15. The van der Waals surface area contributed by atoms with Gasteiger partial charge in [-0.3, -0.25) is 18.7 Å². The van der Waals surface area contributed by atoms with Crippen LogP contribution in [0.3, 0.4) is 0 Å². The minimum Gasteiger partial charge on any atom is -0.322 e. The fraction of sp³-hybridized carbons (Fsp3) is 0.0800. The molecule has 0 aliphatic heterocycles. The highest BCUT2D eigenvalue weighted by atomic mass is 32.2. The minimum absolute atomic E-state index is 0.0348. The molecule has 0 fully saturated rings. The molecule has 0 aliphatic carbocycles. The standard InChI is InChI=1S/C25H22N4O3S/c1-28-22(27-33(19-14-8-4-9-15-19)20-16-10-5-11-17-20)21(24(31)29(2)25(28)32)23(30)26-18-12-6-3-7-13-18/h3-17H,1-2H3,(H,26,30). The van der Waals surface area contributed by atoms with Crippen LogP contribution in [0.5, 0.6) is 0 Å². The fourth-order valence-electron chi connectivity index (χ4n) is 3.28. The van der Waals surface area contributed by atoms with Crippen molar-refractivity contribution >= 4 is 28.1 Å². The van der Waals surface area contributed by atoms with Gasteiger partial charge in [-0.05, 0) is 47.1 Å². The summed E-state index contributed by atoms with van der Waals surface area (Å²) in [7, 11) is 1.99. The summed E-state index contributed by atoms with van der Waals surface area (Å²) in [5, 5.41) is 2.74. The van der Waals surface area contributed by atoms with Gasteiger partial charge in [0.25, 0.3) is 11.5 Å². The average molecular weight is 459 g/mol. The monoisotopic (exact) mass is 458 g/mol. The van der Waals surface area contributed by atoms with Crippen molar-refractivity contribution in [2.45, 2.75) is 9.79 Å². The zero-order chi connectivity index (χ0) is 23.4. The van der Waals surface area contributed by atoms with Gasteiger partial charge < -0.3 is 5.32 Å². The van der Waals surface area contributed by atoms with Gasteiger partial charge in [-0.25, -0.2) is 4.79 Å². The van der Waals surface area contributed by atoms with E-state index in [1.807, 2.05) is 66.7 Å². The molecule has 0 bridgehead atoms. The number of hydrogen-bond acceptors (Lipinski definition) is 4. The highest BCUT2D eigenvalue weighted by Gasteiger charge is 2.23. The lowest BCUT2D eigenvalue weighted by atomic mass is 10.2.